The van der Waals surface area contributed by atoms with Gasteiger partial charge in [0.1, 0.15) is 23.7 Å². The molecule has 0 spiro atoms. The van der Waals surface area contributed by atoms with Gasteiger partial charge in [0, 0.05) is 32.0 Å². The highest BCUT2D eigenvalue weighted by molar-refractivity contribution is 7.91. The Hall–Kier alpha value is -4.93. The highest BCUT2D eigenvalue weighted by atomic mass is 32.2. The number of carbonyl (C=O) groups is 6. The number of alkyl carbamates (subject to hydrolysis) is 1. The lowest BCUT2D eigenvalue weighted by Crippen LogP contribution is -2.60. The number of rotatable bonds is 4. The molecule has 4 aliphatic heterocycles. The molecule has 4 heterocycles. The maximum absolute atomic E-state index is 14.8. The minimum atomic E-state index is -3.96. The maximum atomic E-state index is 14.8. The Bertz CT molecular complexity index is 2000. The molecule has 1 aromatic carbocycles. The summed E-state index contributed by atoms with van der Waals surface area (Å²) in [7, 11) is -3.96. The van der Waals surface area contributed by atoms with Gasteiger partial charge in [0.15, 0.2) is 0 Å². The van der Waals surface area contributed by atoms with Crippen molar-refractivity contribution < 1.29 is 46.7 Å². The summed E-state index contributed by atoms with van der Waals surface area (Å²) in [5.74, 6) is -3.38. The summed E-state index contributed by atoms with van der Waals surface area (Å²) in [5.41, 5.74) is 1.24. The van der Waals surface area contributed by atoms with Crippen molar-refractivity contribution in [2.24, 2.45) is 11.3 Å². The average Bonchev–Trinajstić information content (AvgIpc) is 4.07. The Morgan fingerprint density at radius 1 is 1.03 bits per heavy atom. The topological polar surface area (TPSA) is 201 Å². The van der Waals surface area contributed by atoms with Crippen molar-refractivity contribution in [3.8, 4) is 0 Å². The number of hydrogen-bond acceptors (Lipinski definition) is 10. The fourth-order valence-electron chi connectivity index (χ4n) is 8.54. The van der Waals surface area contributed by atoms with Gasteiger partial charge >= 0.3 is 12.2 Å². The molecular weight excluding hydrogens is 769 g/mol. The van der Waals surface area contributed by atoms with Gasteiger partial charge in [0.25, 0.3) is 5.91 Å². The van der Waals surface area contributed by atoms with Crippen LogP contribution in [0.3, 0.4) is 0 Å². The van der Waals surface area contributed by atoms with Gasteiger partial charge in [-0.3, -0.25) is 28.8 Å². The summed E-state index contributed by atoms with van der Waals surface area (Å²) >= 11 is 0. The molecule has 2 aliphatic carbocycles. The third kappa shape index (κ3) is 9.03. The van der Waals surface area contributed by atoms with E-state index in [9.17, 15) is 37.2 Å². The summed E-state index contributed by atoms with van der Waals surface area (Å²) in [6, 6.07) is 3.35. The van der Waals surface area contributed by atoms with Crippen LogP contribution in [0.4, 0.5) is 9.59 Å². The van der Waals surface area contributed by atoms with E-state index in [1.54, 1.807) is 11.0 Å². The van der Waals surface area contributed by atoms with E-state index in [4.69, 9.17) is 9.47 Å². The van der Waals surface area contributed by atoms with E-state index in [-0.39, 0.29) is 39.1 Å². The fourth-order valence-corrected chi connectivity index (χ4v) is 9.90. The molecule has 5 bridgehead atoms. The SMILES string of the molecule is C=CC(=O)N1CCC/C=C\[C@H]2C[C@@]2(C(=O)NS(=O)(=O)C2CC2)NC(=O)[C@@H]2C[C@@H]3CN2C(=O)[C@H](C1)NC(=O)OCC(C)(C)CCCCc1cccc2c1CN(C2)C(=O)O3. The number of ether oxygens (including phenoxy) is 2. The lowest BCUT2D eigenvalue weighted by atomic mass is 9.87. The first-order valence-electron chi connectivity index (χ1n) is 20.3. The van der Waals surface area contributed by atoms with Crippen molar-refractivity contribution in [2.75, 3.05) is 26.2 Å². The molecule has 17 heteroatoms. The zero-order chi connectivity index (χ0) is 41.4. The van der Waals surface area contributed by atoms with Crippen LogP contribution in [0.25, 0.3) is 0 Å². The minimum absolute atomic E-state index is 0.0611. The van der Waals surface area contributed by atoms with E-state index in [0.29, 0.717) is 38.8 Å². The van der Waals surface area contributed by atoms with Crippen LogP contribution < -0.4 is 15.4 Å². The number of nitrogens with one attached hydrogen (secondary N) is 3. The second-order valence-electron chi connectivity index (χ2n) is 17.3. The highest BCUT2D eigenvalue weighted by Crippen LogP contribution is 2.46. The lowest BCUT2D eigenvalue weighted by molar-refractivity contribution is -0.142. The molecule has 2 saturated carbocycles. The second-order valence-corrected chi connectivity index (χ2v) is 19.3. The molecule has 1 aromatic rings. The van der Waals surface area contributed by atoms with E-state index in [1.807, 2.05) is 32.1 Å². The number of carbonyl (C=O) groups excluding carboxylic acids is 6. The second kappa shape index (κ2) is 16.4. The summed E-state index contributed by atoms with van der Waals surface area (Å²) in [5, 5.41) is 4.79. The van der Waals surface area contributed by atoms with Crippen molar-refractivity contribution in [2.45, 2.75) is 120 Å². The number of nitrogens with zero attached hydrogens (tertiary/aromatic N) is 3. The average molecular weight is 823 g/mol. The van der Waals surface area contributed by atoms with Crippen molar-refractivity contribution in [1.82, 2.24) is 30.1 Å². The van der Waals surface area contributed by atoms with Crippen LogP contribution in [0.2, 0.25) is 0 Å². The number of benzene rings is 1. The first-order valence-corrected chi connectivity index (χ1v) is 21.9. The summed E-state index contributed by atoms with van der Waals surface area (Å²) in [4.78, 5) is 87.6. The highest BCUT2D eigenvalue weighted by Gasteiger charge is 2.62. The van der Waals surface area contributed by atoms with Crippen LogP contribution in [0, 0.1) is 11.3 Å². The fraction of sp³-hybridized carbons (Fsp3) is 0.610. The molecule has 3 N–H and O–H groups in total. The number of amides is 6. The molecule has 3 fully saturated rings. The minimum Gasteiger partial charge on any atom is -0.449 e. The molecule has 0 aromatic heterocycles. The van der Waals surface area contributed by atoms with E-state index in [1.165, 1.54) is 9.80 Å². The predicted molar refractivity (Wildman–Crippen MR) is 210 cm³/mol. The third-order valence-electron chi connectivity index (χ3n) is 12.2. The molecule has 6 aliphatic rings. The first kappa shape index (κ1) is 41.2. The van der Waals surface area contributed by atoms with Gasteiger partial charge in [0.2, 0.25) is 27.7 Å². The number of hydrogen-bond donors (Lipinski definition) is 3. The molecule has 314 valence electrons. The first-order chi connectivity index (χ1) is 27.6. The van der Waals surface area contributed by atoms with Gasteiger partial charge in [-0.25, -0.2) is 18.0 Å². The predicted octanol–water partition coefficient (Wildman–Crippen LogP) is 2.80. The van der Waals surface area contributed by atoms with Crippen LogP contribution in [-0.2, 0) is 58.2 Å². The molecule has 58 heavy (non-hydrogen) atoms. The molecule has 1 saturated heterocycles. The number of allylic oxidation sites excluding steroid dienone is 1. The van der Waals surface area contributed by atoms with E-state index < -0.39 is 86.1 Å². The summed E-state index contributed by atoms with van der Waals surface area (Å²) in [6.45, 7) is 8.03. The standard InChI is InChI=1S/C41H54N6O10S/c1-4-34(48)45-18-9-5-6-14-28-20-41(28,37(51)44-58(54,55)30-15-16-30)43-35(49)33-19-29-22-47(33)36(50)32(24-45)42-38(52)56-25-40(2,3)17-8-7-11-26-12-10-13-27-21-46(23-31(26)27)39(53)57-29/h4,6,10,12-14,28-30,32-33H,1,5,7-9,11,15-25H2,2-3H3,(H,42,52)(H,43,49)(H,44,51)/b14-6-/t28-,29+,32-,33-,41+/m0/s1. The van der Waals surface area contributed by atoms with Crippen LogP contribution >= 0.6 is 0 Å². The molecule has 5 atom stereocenters. The van der Waals surface area contributed by atoms with Gasteiger partial charge in [-0.1, -0.05) is 57.2 Å². The van der Waals surface area contributed by atoms with E-state index in [2.05, 4.69) is 28.0 Å². The molecule has 0 radical (unpaired) electrons. The normalized spacial score (nSPS) is 30.0. The zero-order valence-electron chi connectivity index (χ0n) is 33.2. The van der Waals surface area contributed by atoms with Crippen molar-refractivity contribution >= 4 is 45.8 Å². The smallest absolute Gasteiger partial charge is 0.410 e. The Morgan fingerprint density at radius 3 is 2.57 bits per heavy atom. The van der Waals surface area contributed by atoms with Gasteiger partial charge < -0.3 is 29.9 Å². The van der Waals surface area contributed by atoms with Crippen molar-refractivity contribution in [3.63, 3.8) is 0 Å². The molecule has 16 nitrogen and oxygen atoms in total. The number of aryl methyl sites for hydroxylation is 1. The zero-order valence-corrected chi connectivity index (χ0v) is 34.0. The Labute approximate surface area is 339 Å². The molecule has 0 unspecified atom stereocenters. The van der Waals surface area contributed by atoms with Gasteiger partial charge in [-0.05, 0) is 79.5 Å². The van der Waals surface area contributed by atoms with Gasteiger partial charge in [-0.2, -0.15) is 0 Å². The van der Waals surface area contributed by atoms with Crippen LogP contribution in [-0.4, -0.2) is 114 Å². The maximum Gasteiger partial charge on any atom is 0.410 e. The Morgan fingerprint density at radius 2 is 1.81 bits per heavy atom. The largest absolute Gasteiger partial charge is 0.449 e. The van der Waals surface area contributed by atoms with Crippen LogP contribution in [0.15, 0.2) is 43.0 Å². The number of sulfonamides is 1. The molecule has 6 amide bonds. The van der Waals surface area contributed by atoms with Crippen molar-refractivity contribution in [3.05, 3.63) is 59.7 Å². The Balaban J connectivity index is 1.22. The summed E-state index contributed by atoms with van der Waals surface area (Å²) in [6.07, 6.45) is 7.27. The van der Waals surface area contributed by atoms with E-state index in [0.717, 1.165) is 48.4 Å². The third-order valence-corrected chi connectivity index (χ3v) is 14.0. The van der Waals surface area contributed by atoms with E-state index >= 15 is 0 Å². The quantitative estimate of drug-likeness (QED) is 0.300. The number of cyclic esters (lactones) is 1. The van der Waals surface area contributed by atoms with Gasteiger partial charge in [0.05, 0.1) is 24.9 Å². The molecule has 7 rings (SSSR count). The number of fused-ring (bicyclic) bond motifs is 4. The summed E-state index contributed by atoms with van der Waals surface area (Å²) < 4.78 is 39.7. The Kier molecular flexibility index (Phi) is 11.6. The lowest BCUT2D eigenvalue weighted by Gasteiger charge is -2.32. The monoisotopic (exact) mass is 822 g/mol. The van der Waals surface area contributed by atoms with Crippen LogP contribution in [0.5, 0.6) is 0 Å². The molecular formula is C41H54N6O10S. The van der Waals surface area contributed by atoms with Gasteiger partial charge in [-0.15, -0.1) is 0 Å². The van der Waals surface area contributed by atoms with Crippen LogP contribution in [0.1, 0.15) is 88.3 Å². The van der Waals surface area contributed by atoms with Crippen molar-refractivity contribution in [1.29, 1.82) is 0 Å².